The summed E-state index contributed by atoms with van der Waals surface area (Å²) in [5, 5.41) is 12.8. The largest absolute Gasteiger partial charge is 0.405 e. The summed E-state index contributed by atoms with van der Waals surface area (Å²) in [6.45, 7) is -1.34. The average molecular weight is 212 g/mol. The van der Waals surface area contributed by atoms with Crippen LogP contribution in [0.25, 0.3) is 0 Å². The lowest BCUT2D eigenvalue weighted by atomic mass is 9.90. The molecule has 1 saturated carbocycles. The van der Waals surface area contributed by atoms with Crippen LogP contribution in [-0.4, -0.2) is 36.0 Å². The molecule has 1 aliphatic carbocycles. The Labute approximate surface area is 78.5 Å². The summed E-state index contributed by atoms with van der Waals surface area (Å²) in [6, 6.07) is -1.06. The molecule has 2 amide bonds. The van der Waals surface area contributed by atoms with Crippen molar-refractivity contribution in [2.45, 2.75) is 31.2 Å². The molecular weight excluding hydrogens is 201 g/mol. The molecule has 0 heterocycles. The lowest BCUT2D eigenvalue weighted by Crippen LogP contribution is -2.51. The summed E-state index contributed by atoms with van der Waals surface area (Å²) >= 11 is 0. The van der Waals surface area contributed by atoms with Gasteiger partial charge in [-0.05, 0) is 12.8 Å². The van der Waals surface area contributed by atoms with Crippen molar-refractivity contribution >= 4 is 6.03 Å². The number of aliphatic hydroxyl groups excluding tert-OH is 1. The number of amides is 2. The van der Waals surface area contributed by atoms with Crippen LogP contribution in [-0.2, 0) is 0 Å². The highest BCUT2D eigenvalue weighted by Gasteiger charge is 2.31. The molecule has 7 heteroatoms. The number of hydrogen-bond donors (Lipinski definition) is 3. The summed E-state index contributed by atoms with van der Waals surface area (Å²) < 4.78 is 34.9. The third-order valence-electron chi connectivity index (χ3n) is 1.90. The molecule has 0 atom stereocenters. The van der Waals surface area contributed by atoms with Crippen LogP contribution >= 0.6 is 0 Å². The summed E-state index contributed by atoms with van der Waals surface area (Å²) in [7, 11) is 0. The van der Waals surface area contributed by atoms with Crippen molar-refractivity contribution in [3.05, 3.63) is 0 Å². The van der Waals surface area contributed by atoms with E-state index in [1.807, 2.05) is 0 Å². The van der Waals surface area contributed by atoms with Gasteiger partial charge in [0.15, 0.2) is 0 Å². The first-order chi connectivity index (χ1) is 6.37. The molecule has 0 bridgehead atoms. The molecule has 1 fully saturated rings. The lowest BCUT2D eigenvalue weighted by Gasteiger charge is -2.31. The zero-order valence-corrected chi connectivity index (χ0v) is 7.27. The van der Waals surface area contributed by atoms with E-state index in [0.717, 1.165) is 0 Å². The topological polar surface area (TPSA) is 61.4 Å². The van der Waals surface area contributed by atoms with Crippen LogP contribution in [0.2, 0.25) is 0 Å². The van der Waals surface area contributed by atoms with Crippen molar-refractivity contribution in [1.82, 2.24) is 10.6 Å². The molecular formula is C7H11F3N2O2. The Morgan fingerprint density at radius 2 is 2.00 bits per heavy atom. The average Bonchev–Trinajstić information content (AvgIpc) is 1.97. The second-order valence-corrected chi connectivity index (χ2v) is 3.26. The Kier molecular flexibility index (Phi) is 3.20. The maximum atomic E-state index is 11.6. The van der Waals surface area contributed by atoms with Crippen LogP contribution < -0.4 is 10.6 Å². The van der Waals surface area contributed by atoms with E-state index in [4.69, 9.17) is 5.11 Å². The number of aliphatic hydroxyl groups is 1. The monoisotopic (exact) mass is 212 g/mol. The van der Waals surface area contributed by atoms with E-state index in [9.17, 15) is 18.0 Å². The predicted molar refractivity (Wildman–Crippen MR) is 41.6 cm³/mol. The summed E-state index contributed by atoms with van der Waals surface area (Å²) in [4.78, 5) is 10.8. The molecule has 14 heavy (non-hydrogen) atoms. The Morgan fingerprint density at radius 1 is 1.43 bits per heavy atom. The van der Waals surface area contributed by atoms with Gasteiger partial charge in [-0.3, -0.25) is 0 Å². The summed E-state index contributed by atoms with van der Waals surface area (Å²) in [6.07, 6.45) is -4.03. The number of halogens is 3. The van der Waals surface area contributed by atoms with E-state index >= 15 is 0 Å². The number of rotatable bonds is 2. The summed E-state index contributed by atoms with van der Waals surface area (Å²) in [5.41, 5.74) is 0. The van der Waals surface area contributed by atoms with Crippen molar-refractivity contribution in [1.29, 1.82) is 0 Å². The molecule has 3 N–H and O–H groups in total. The SMILES string of the molecule is O=C(NCC(F)(F)F)NC1CC(O)C1. The standard InChI is InChI=1S/C7H11F3N2O2/c8-7(9,10)3-11-6(14)12-4-1-5(13)2-4/h4-5,13H,1-3H2,(H2,11,12,14). The van der Waals surface area contributed by atoms with Gasteiger partial charge in [0, 0.05) is 6.04 Å². The fourth-order valence-electron chi connectivity index (χ4n) is 1.12. The Bertz CT molecular complexity index is 213. The van der Waals surface area contributed by atoms with Gasteiger partial charge in [-0.1, -0.05) is 0 Å². The van der Waals surface area contributed by atoms with Crippen molar-refractivity contribution in [2.24, 2.45) is 0 Å². The van der Waals surface area contributed by atoms with Gasteiger partial charge >= 0.3 is 12.2 Å². The van der Waals surface area contributed by atoms with Gasteiger partial charge in [0.25, 0.3) is 0 Å². The molecule has 1 rings (SSSR count). The maximum absolute atomic E-state index is 11.6. The number of carbonyl (C=O) groups is 1. The lowest BCUT2D eigenvalue weighted by molar-refractivity contribution is -0.122. The smallest absolute Gasteiger partial charge is 0.393 e. The minimum Gasteiger partial charge on any atom is -0.393 e. The van der Waals surface area contributed by atoms with E-state index in [-0.39, 0.29) is 6.04 Å². The van der Waals surface area contributed by atoms with Crippen LogP contribution in [0.1, 0.15) is 12.8 Å². The highest BCUT2D eigenvalue weighted by atomic mass is 19.4. The van der Waals surface area contributed by atoms with Crippen LogP contribution in [0, 0.1) is 0 Å². The number of alkyl halides is 3. The van der Waals surface area contributed by atoms with Gasteiger partial charge in [-0.15, -0.1) is 0 Å². The van der Waals surface area contributed by atoms with Crippen LogP contribution in [0.3, 0.4) is 0 Å². The Balaban J connectivity index is 2.11. The molecule has 0 aliphatic heterocycles. The zero-order valence-electron chi connectivity index (χ0n) is 7.27. The van der Waals surface area contributed by atoms with E-state index in [1.165, 1.54) is 0 Å². The van der Waals surface area contributed by atoms with Gasteiger partial charge in [-0.2, -0.15) is 13.2 Å². The zero-order chi connectivity index (χ0) is 10.8. The molecule has 82 valence electrons. The Morgan fingerprint density at radius 3 is 2.43 bits per heavy atom. The molecule has 0 spiro atoms. The summed E-state index contributed by atoms with van der Waals surface area (Å²) in [5.74, 6) is 0. The second kappa shape index (κ2) is 4.04. The molecule has 0 aromatic carbocycles. The van der Waals surface area contributed by atoms with Gasteiger partial charge in [0.1, 0.15) is 6.54 Å². The van der Waals surface area contributed by atoms with E-state index in [1.54, 1.807) is 5.32 Å². The molecule has 0 aromatic heterocycles. The third kappa shape index (κ3) is 3.82. The minimum absolute atomic E-state index is 0.210. The van der Waals surface area contributed by atoms with Crippen molar-refractivity contribution in [3.63, 3.8) is 0 Å². The fraction of sp³-hybridized carbons (Fsp3) is 0.857. The second-order valence-electron chi connectivity index (χ2n) is 3.26. The maximum Gasteiger partial charge on any atom is 0.405 e. The first kappa shape index (κ1) is 11.1. The molecule has 0 aromatic rings. The molecule has 0 saturated heterocycles. The van der Waals surface area contributed by atoms with Gasteiger partial charge in [0.2, 0.25) is 0 Å². The highest BCUT2D eigenvalue weighted by molar-refractivity contribution is 5.74. The predicted octanol–water partition coefficient (Wildman–Crippen LogP) is 0.371. The van der Waals surface area contributed by atoms with Crippen molar-refractivity contribution in [3.8, 4) is 0 Å². The molecule has 0 unspecified atom stereocenters. The van der Waals surface area contributed by atoms with Crippen molar-refractivity contribution in [2.75, 3.05) is 6.54 Å². The van der Waals surface area contributed by atoms with E-state index in [0.29, 0.717) is 12.8 Å². The normalized spacial score (nSPS) is 26.6. The van der Waals surface area contributed by atoms with Crippen molar-refractivity contribution < 1.29 is 23.1 Å². The van der Waals surface area contributed by atoms with Gasteiger partial charge in [0.05, 0.1) is 6.10 Å². The highest BCUT2D eigenvalue weighted by Crippen LogP contribution is 2.19. The third-order valence-corrected chi connectivity index (χ3v) is 1.90. The number of carbonyl (C=O) groups excluding carboxylic acids is 1. The van der Waals surface area contributed by atoms with E-state index < -0.39 is 24.9 Å². The molecule has 4 nitrogen and oxygen atoms in total. The molecule has 1 aliphatic rings. The molecule has 0 radical (unpaired) electrons. The van der Waals surface area contributed by atoms with Crippen LogP contribution in [0.4, 0.5) is 18.0 Å². The van der Waals surface area contributed by atoms with Crippen LogP contribution in [0.5, 0.6) is 0 Å². The quantitative estimate of drug-likeness (QED) is 0.619. The van der Waals surface area contributed by atoms with E-state index in [2.05, 4.69) is 5.32 Å². The minimum atomic E-state index is -4.39. The first-order valence-electron chi connectivity index (χ1n) is 4.16. The first-order valence-corrected chi connectivity index (χ1v) is 4.16. The Hall–Kier alpha value is -0.980. The number of urea groups is 1. The fourth-order valence-corrected chi connectivity index (χ4v) is 1.12. The number of nitrogens with one attached hydrogen (secondary N) is 2. The number of hydrogen-bond acceptors (Lipinski definition) is 2. The van der Waals surface area contributed by atoms with Gasteiger partial charge in [-0.25, -0.2) is 4.79 Å². The van der Waals surface area contributed by atoms with Crippen LogP contribution in [0.15, 0.2) is 0 Å². The van der Waals surface area contributed by atoms with Gasteiger partial charge < -0.3 is 15.7 Å².